The second-order valence-electron chi connectivity index (χ2n) is 6.05. The molecular formula is C19H14FN5OS. The molecule has 0 amide bonds. The highest BCUT2D eigenvalue weighted by Crippen LogP contribution is 2.30. The average Bonchev–Trinajstić information content (AvgIpc) is 3.31. The van der Waals surface area contributed by atoms with Gasteiger partial charge in [-0.2, -0.15) is 0 Å². The summed E-state index contributed by atoms with van der Waals surface area (Å²) in [6, 6.07) is 4.50. The molecule has 27 heavy (non-hydrogen) atoms. The number of fused-ring (bicyclic) bond motifs is 1. The van der Waals surface area contributed by atoms with Crippen LogP contribution >= 0.6 is 11.3 Å². The number of thiazole rings is 1. The minimum atomic E-state index is -1.38. The molecule has 134 valence electrons. The molecule has 0 bridgehead atoms. The zero-order chi connectivity index (χ0) is 19.0. The van der Waals surface area contributed by atoms with Gasteiger partial charge in [0.15, 0.2) is 5.60 Å². The molecule has 8 heteroatoms. The molecule has 1 atom stereocenters. The molecule has 4 aromatic rings. The fourth-order valence-electron chi connectivity index (χ4n) is 2.65. The molecular weight excluding hydrogens is 365 g/mol. The van der Waals surface area contributed by atoms with Crippen LogP contribution in [0.3, 0.4) is 0 Å². The molecule has 0 saturated carbocycles. The average molecular weight is 379 g/mol. The number of rotatable bonds is 2. The highest BCUT2D eigenvalue weighted by atomic mass is 32.1. The van der Waals surface area contributed by atoms with Crippen LogP contribution in [0.4, 0.5) is 10.3 Å². The number of aromatic nitrogens is 4. The predicted molar refractivity (Wildman–Crippen MR) is 102 cm³/mol. The fourth-order valence-corrected chi connectivity index (χ4v) is 3.30. The zero-order valence-electron chi connectivity index (χ0n) is 14.2. The number of aliphatic hydroxyl groups is 1. The number of H-pyrrole nitrogens is 1. The predicted octanol–water partition coefficient (Wildman–Crippen LogP) is 3.06. The Bertz CT molecular complexity index is 1190. The van der Waals surface area contributed by atoms with Gasteiger partial charge >= 0.3 is 0 Å². The molecule has 0 saturated heterocycles. The Morgan fingerprint density at radius 2 is 2.15 bits per heavy atom. The number of nitrogen functional groups attached to an aromatic ring is 1. The van der Waals surface area contributed by atoms with E-state index in [2.05, 4.69) is 31.8 Å². The minimum absolute atomic E-state index is 0.110. The summed E-state index contributed by atoms with van der Waals surface area (Å²) in [5, 5.41) is 12.8. The Morgan fingerprint density at radius 3 is 2.93 bits per heavy atom. The van der Waals surface area contributed by atoms with E-state index in [0.717, 1.165) is 0 Å². The van der Waals surface area contributed by atoms with Gasteiger partial charge in [0, 0.05) is 34.5 Å². The summed E-state index contributed by atoms with van der Waals surface area (Å²) in [4.78, 5) is 15.2. The van der Waals surface area contributed by atoms with Crippen molar-refractivity contribution in [3.05, 3.63) is 58.6 Å². The van der Waals surface area contributed by atoms with E-state index in [-0.39, 0.29) is 5.95 Å². The van der Waals surface area contributed by atoms with Crippen LogP contribution in [-0.2, 0) is 5.60 Å². The van der Waals surface area contributed by atoms with Crippen LogP contribution in [0, 0.1) is 17.7 Å². The normalized spacial score (nSPS) is 13.1. The summed E-state index contributed by atoms with van der Waals surface area (Å²) in [6.07, 6.45) is 4.81. The Morgan fingerprint density at radius 1 is 1.30 bits per heavy atom. The number of nitrogens with zero attached hydrogens (tertiary/aromatic N) is 3. The number of nitrogens with two attached hydrogens (primary N) is 1. The van der Waals surface area contributed by atoms with Crippen LogP contribution in [0.2, 0.25) is 0 Å². The number of nitrogens with one attached hydrogen (secondary N) is 1. The van der Waals surface area contributed by atoms with Crippen molar-refractivity contribution in [2.45, 2.75) is 12.5 Å². The fraction of sp³-hybridized carbons (Fsp3) is 0.105. The SMILES string of the molecule is C[C@](O)(C#Cc1ccc(F)c(-c2c[nH]c3cnc(N)nc23)c1)c1nccs1. The third kappa shape index (κ3) is 3.26. The molecule has 6 nitrogen and oxygen atoms in total. The zero-order valence-corrected chi connectivity index (χ0v) is 15.0. The van der Waals surface area contributed by atoms with Crippen molar-refractivity contribution in [3.63, 3.8) is 0 Å². The Hall–Kier alpha value is -3.28. The van der Waals surface area contributed by atoms with Crippen molar-refractivity contribution < 1.29 is 9.50 Å². The second-order valence-corrected chi connectivity index (χ2v) is 6.94. The summed E-state index contributed by atoms with van der Waals surface area (Å²) in [6.45, 7) is 1.57. The molecule has 4 rings (SSSR count). The van der Waals surface area contributed by atoms with E-state index < -0.39 is 11.4 Å². The molecule has 3 heterocycles. The van der Waals surface area contributed by atoms with Crippen molar-refractivity contribution >= 4 is 28.3 Å². The van der Waals surface area contributed by atoms with Gasteiger partial charge in [0.25, 0.3) is 0 Å². The van der Waals surface area contributed by atoms with Crippen LogP contribution in [0.1, 0.15) is 17.5 Å². The topological polar surface area (TPSA) is 101 Å². The van der Waals surface area contributed by atoms with Gasteiger partial charge in [-0.25, -0.2) is 19.3 Å². The van der Waals surface area contributed by atoms with Crippen molar-refractivity contribution in [1.29, 1.82) is 0 Å². The number of halogens is 1. The molecule has 4 N–H and O–H groups in total. The van der Waals surface area contributed by atoms with E-state index in [1.165, 1.54) is 17.4 Å². The summed E-state index contributed by atoms with van der Waals surface area (Å²) in [5.41, 5.74) is 6.91. The van der Waals surface area contributed by atoms with Gasteiger partial charge in [0.2, 0.25) is 5.95 Å². The van der Waals surface area contributed by atoms with E-state index in [1.54, 1.807) is 43.0 Å². The van der Waals surface area contributed by atoms with Crippen LogP contribution in [0.25, 0.3) is 22.2 Å². The van der Waals surface area contributed by atoms with E-state index in [4.69, 9.17) is 5.73 Å². The summed E-state index contributed by atoms with van der Waals surface area (Å²) < 4.78 is 14.5. The van der Waals surface area contributed by atoms with Crippen molar-refractivity contribution in [2.75, 3.05) is 5.73 Å². The van der Waals surface area contributed by atoms with Crippen molar-refractivity contribution in [3.8, 4) is 23.0 Å². The maximum atomic E-state index is 14.5. The number of aromatic amines is 1. The van der Waals surface area contributed by atoms with Crippen LogP contribution in [0.15, 0.2) is 42.2 Å². The Balaban J connectivity index is 1.77. The molecule has 0 radical (unpaired) electrons. The lowest BCUT2D eigenvalue weighted by molar-refractivity contribution is 0.122. The van der Waals surface area contributed by atoms with E-state index in [1.807, 2.05) is 0 Å². The largest absolute Gasteiger partial charge is 0.371 e. The summed E-state index contributed by atoms with van der Waals surface area (Å²) in [5.74, 6) is 5.39. The van der Waals surface area contributed by atoms with E-state index in [0.29, 0.717) is 32.7 Å². The van der Waals surface area contributed by atoms with Gasteiger partial charge in [-0.1, -0.05) is 11.8 Å². The number of benzene rings is 1. The molecule has 1 aromatic carbocycles. The maximum absolute atomic E-state index is 14.5. The van der Waals surface area contributed by atoms with Gasteiger partial charge in [-0.05, 0) is 25.1 Å². The van der Waals surface area contributed by atoms with Gasteiger partial charge in [-0.15, -0.1) is 11.3 Å². The smallest absolute Gasteiger partial charge is 0.220 e. The van der Waals surface area contributed by atoms with Gasteiger partial charge in [0.1, 0.15) is 16.3 Å². The lowest BCUT2D eigenvalue weighted by Crippen LogP contribution is -2.17. The first-order chi connectivity index (χ1) is 12.9. The second kappa shape index (κ2) is 6.46. The van der Waals surface area contributed by atoms with Crippen LogP contribution in [-0.4, -0.2) is 25.0 Å². The van der Waals surface area contributed by atoms with Crippen LogP contribution in [0.5, 0.6) is 0 Å². The first-order valence-corrected chi connectivity index (χ1v) is 8.87. The number of anilines is 1. The van der Waals surface area contributed by atoms with Crippen molar-refractivity contribution in [1.82, 2.24) is 19.9 Å². The molecule has 0 aliphatic carbocycles. The Kier molecular flexibility index (Phi) is 4.11. The lowest BCUT2D eigenvalue weighted by Gasteiger charge is -2.12. The molecule has 3 aromatic heterocycles. The Labute approximate surface area is 157 Å². The highest BCUT2D eigenvalue weighted by Gasteiger charge is 2.23. The third-order valence-electron chi connectivity index (χ3n) is 3.99. The van der Waals surface area contributed by atoms with Crippen LogP contribution < -0.4 is 5.73 Å². The summed E-state index contributed by atoms with van der Waals surface area (Å²) in [7, 11) is 0. The molecule has 0 aliphatic rings. The molecule has 0 unspecified atom stereocenters. The maximum Gasteiger partial charge on any atom is 0.220 e. The monoisotopic (exact) mass is 379 g/mol. The molecule has 0 fully saturated rings. The minimum Gasteiger partial charge on any atom is -0.371 e. The molecule has 0 spiro atoms. The third-order valence-corrected chi connectivity index (χ3v) is 4.97. The molecule has 0 aliphatic heterocycles. The first-order valence-electron chi connectivity index (χ1n) is 7.99. The summed E-state index contributed by atoms with van der Waals surface area (Å²) >= 11 is 1.32. The first kappa shape index (κ1) is 17.1. The van der Waals surface area contributed by atoms with Gasteiger partial charge in [-0.3, -0.25) is 0 Å². The van der Waals surface area contributed by atoms with E-state index in [9.17, 15) is 9.50 Å². The van der Waals surface area contributed by atoms with Gasteiger partial charge < -0.3 is 15.8 Å². The highest BCUT2D eigenvalue weighted by molar-refractivity contribution is 7.09. The standard InChI is InChI=1S/C19H14FN5OS/c1-19(26,17-22-6-7-27-17)5-4-11-2-3-14(20)12(8-11)13-9-23-15-10-24-18(21)25-16(13)15/h2-3,6-10,23,26H,1H3,(H2,21,24,25)/t19-/m0/s1. The number of hydrogen-bond acceptors (Lipinski definition) is 6. The van der Waals surface area contributed by atoms with Crippen molar-refractivity contribution in [2.24, 2.45) is 0 Å². The lowest BCUT2D eigenvalue weighted by atomic mass is 10.0. The van der Waals surface area contributed by atoms with Gasteiger partial charge in [0.05, 0.1) is 11.7 Å². The quantitative estimate of drug-likeness (QED) is 0.465. The van der Waals surface area contributed by atoms with E-state index >= 15 is 0 Å². The number of hydrogen-bond donors (Lipinski definition) is 3.